The Labute approximate surface area is 113 Å². The first-order chi connectivity index (χ1) is 8.87. The Hall–Kier alpha value is -2.10. The number of benzene rings is 1. The Kier molecular flexibility index (Phi) is 3.42. The number of hydrogen-bond donors (Lipinski definition) is 0. The van der Waals surface area contributed by atoms with Crippen molar-refractivity contribution in [2.75, 3.05) is 0 Å². The van der Waals surface area contributed by atoms with Crippen LogP contribution < -0.4 is 0 Å². The maximum Gasteiger partial charge on any atom is 0.435 e. The second kappa shape index (κ2) is 4.88. The van der Waals surface area contributed by atoms with Crippen molar-refractivity contribution >= 4 is 6.09 Å². The Morgan fingerprint density at radius 3 is 2.58 bits per heavy atom. The maximum atomic E-state index is 11.9. The third-order valence-corrected chi connectivity index (χ3v) is 2.62. The molecule has 1 aromatic heterocycles. The van der Waals surface area contributed by atoms with Crippen LogP contribution in [0.25, 0.3) is 11.1 Å². The van der Waals surface area contributed by atoms with E-state index in [1.54, 1.807) is 12.4 Å². The quantitative estimate of drug-likeness (QED) is 0.784. The van der Waals surface area contributed by atoms with Gasteiger partial charge in [-0.25, -0.2) is 4.79 Å². The van der Waals surface area contributed by atoms with Gasteiger partial charge in [-0.15, -0.1) is 0 Å². The molecule has 0 unspecified atom stereocenters. The van der Waals surface area contributed by atoms with Crippen LogP contribution in [-0.2, 0) is 4.74 Å². The maximum absolute atomic E-state index is 11.9. The Morgan fingerprint density at radius 1 is 1.26 bits per heavy atom. The lowest BCUT2D eigenvalue weighted by atomic mass is 10.0. The van der Waals surface area contributed by atoms with E-state index in [2.05, 4.69) is 5.10 Å². The zero-order chi connectivity index (χ0) is 14.0. The van der Waals surface area contributed by atoms with Crippen LogP contribution >= 0.6 is 0 Å². The molecular weight excluding hydrogens is 240 g/mol. The van der Waals surface area contributed by atoms with Gasteiger partial charge < -0.3 is 4.74 Å². The van der Waals surface area contributed by atoms with E-state index in [1.165, 1.54) is 4.68 Å². The summed E-state index contributed by atoms with van der Waals surface area (Å²) in [5.41, 5.74) is 2.60. The van der Waals surface area contributed by atoms with Crippen LogP contribution in [0.5, 0.6) is 0 Å². The number of nitrogens with zero attached hydrogens (tertiary/aromatic N) is 2. The minimum atomic E-state index is -0.522. The summed E-state index contributed by atoms with van der Waals surface area (Å²) in [5, 5.41) is 4.06. The first-order valence-corrected chi connectivity index (χ1v) is 6.21. The fourth-order valence-electron chi connectivity index (χ4n) is 1.77. The largest absolute Gasteiger partial charge is 0.442 e. The fraction of sp³-hybridized carbons (Fsp3) is 0.333. The number of ether oxygens (including phenoxy) is 1. The highest BCUT2D eigenvalue weighted by molar-refractivity contribution is 5.73. The summed E-state index contributed by atoms with van der Waals surface area (Å²) in [6.45, 7) is 7.52. The molecule has 2 aromatic rings. The molecule has 0 fully saturated rings. The van der Waals surface area contributed by atoms with E-state index >= 15 is 0 Å². The molecule has 4 heteroatoms. The molecule has 0 spiro atoms. The van der Waals surface area contributed by atoms with Crippen molar-refractivity contribution in [1.82, 2.24) is 9.78 Å². The second-order valence-corrected chi connectivity index (χ2v) is 5.47. The molecule has 0 amide bonds. The summed E-state index contributed by atoms with van der Waals surface area (Å²) in [5.74, 6) is 0. The topological polar surface area (TPSA) is 44.1 Å². The standard InChI is InChI=1S/C15H18N2O2/c1-11-7-5-6-8-13(11)12-9-16-17(10-12)14(18)19-15(2,3)4/h5-10H,1-4H3. The molecule has 0 N–H and O–H groups in total. The fourth-order valence-corrected chi connectivity index (χ4v) is 1.77. The lowest BCUT2D eigenvalue weighted by Gasteiger charge is -2.18. The summed E-state index contributed by atoms with van der Waals surface area (Å²) >= 11 is 0. The predicted octanol–water partition coefficient (Wildman–Crippen LogP) is 3.64. The average Bonchev–Trinajstić information content (AvgIpc) is 2.76. The van der Waals surface area contributed by atoms with Gasteiger partial charge >= 0.3 is 6.09 Å². The zero-order valence-corrected chi connectivity index (χ0v) is 11.7. The van der Waals surface area contributed by atoms with Crippen molar-refractivity contribution in [2.45, 2.75) is 33.3 Å². The Bertz CT molecular complexity index is 594. The zero-order valence-electron chi connectivity index (χ0n) is 11.7. The molecule has 0 aliphatic rings. The summed E-state index contributed by atoms with van der Waals surface area (Å²) in [6, 6.07) is 7.98. The lowest BCUT2D eigenvalue weighted by molar-refractivity contribution is 0.0514. The molecule has 100 valence electrons. The molecule has 0 saturated heterocycles. The van der Waals surface area contributed by atoms with Gasteiger partial charge in [-0.05, 0) is 38.8 Å². The van der Waals surface area contributed by atoms with Gasteiger partial charge in [0.05, 0.1) is 6.20 Å². The molecule has 0 saturated carbocycles. The average molecular weight is 258 g/mol. The van der Waals surface area contributed by atoms with Gasteiger partial charge in [0.25, 0.3) is 0 Å². The van der Waals surface area contributed by atoms with Crippen LogP contribution in [0.4, 0.5) is 4.79 Å². The SMILES string of the molecule is Cc1ccccc1-c1cnn(C(=O)OC(C)(C)C)c1. The number of rotatable bonds is 1. The van der Waals surface area contributed by atoms with Crippen LogP contribution in [0, 0.1) is 6.92 Å². The molecule has 0 aliphatic carbocycles. The monoisotopic (exact) mass is 258 g/mol. The van der Waals surface area contributed by atoms with Crippen molar-refractivity contribution in [1.29, 1.82) is 0 Å². The molecule has 0 bridgehead atoms. The minimum Gasteiger partial charge on any atom is -0.442 e. The molecule has 19 heavy (non-hydrogen) atoms. The summed E-state index contributed by atoms with van der Waals surface area (Å²) < 4.78 is 6.49. The molecule has 0 aliphatic heterocycles. The third-order valence-electron chi connectivity index (χ3n) is 2.62. The van der Waals surface area contributed by atoms with Crippen LogP contribution in [-0.4, -0.2) is 21.5 Å². The van der Waals surface area contributed by atoms with Gasteiger partial charge in [-0.1, -0.05) is 24.3 Å². The number of hydrogen-bond acceptors (Lipinski definition) is 3. The second-order valence-electron chi connectivity index (χ2n) is 5.47. The number of aromatic nitrogens is 2. The van der Waals surface area contributed by atoms with Crippen LogP contribution in [0.1, 0.15) is 26.3 Å². The van der Waals surface area contributed by atoms with E-state index in [9.17, 15) is 4.79 Å². The van der Waals surface area contributed by atoms with Crippen LogP contribution in [0.2, 0.25) is 0 Å². The van der Waals surface area contributed by atoms with Gasteiger partial charge in [0, 0.05) is 11.8 Å². The predicted molar refractivity (Wildman–Crippen MR) is 74.0 cm³/mol. The van der Waals surface area contributed by atoms with Crippen molar-refractivity contribution in [3.05, 3.63) is 42.2 Å². The van der Waals surface area contributed by atoms with Gasteiger partial charge in [0.15, 0.2) is 0 Å². The van der Waals surface area contributed by atoms with E-state index in [0.717, 1.165) is 16.7 Å². The summed E-state index contributed by atoms with van der Waals surface area (Å²) in [7, 11) is 0. The molecular formula is C15H18N2O2. The molecule has 2 rings (SSSR count). The van der Waals surface area contributed by atoms with Crippen LogP contribution in [0.3, 0.4) is 0 Å². The van der Waals surface area contributed by atoms with Crippen LogP contribution in [0.15, 0.2) is 36.7 Å². The van der Waals surface area contributed by atoms with Crippen molar-refractivity contribution in [3.63, 3.8) is 0 Å². The number of aryl methyl sites for hydroxylation is 1. The van der Waals surface area contributed by atoms with E-state index in [1.807, 2.05) is 52.0 Å². The number of carbonyl (C=O) groups excluding carboxylic acids is 1. The summed E-state index contributed by atoms with van der Waals surface area (Å²) in [4.78, 5) is 11.9. The first-order valence-electron chi connectivity index (χ1n) is 6.21. The third kappa shape index (κ3) is 3.22. The van der Waals surface area contributed by atoms with Gasteiger partial charge in [-0.2, -0.15) is 9.78 Å². The first kappa shape index (κ1) is 13.3. The van der Waals surface area contributed by atoms with E-state index < -0.39 is 11.7 Å². The van der Waals surface area contributed by atoms with Gasteiger partial charge in [-0.3, -0.25) is 0 Å². The van der Waals surface area contributed by atoms with Crippen molar-refractivity contribution < 1.29 is 9.53 Å². The van der Waals surface area contributed by atoms with Gasteiger partial charge in [0.2, 0.25) is 0 Å². The van der Waals surface area contributed by atoms with Crippen molar-refractivity contribution in [2.24, 2.45) is 0 Å². The molecule has 0 radical (unpaired) electrons. The van der Waals surface area contributed by atoms with E-state index in [4.69, 9.17) is 4.74 Å². The highest BCUT2D eigenvalue weighted by Crippen LogP contribution is 2.22. The smallest absolute Gasteiger partial charge is 0.435 e. The van der Waals surface area contributed by atoms with E-state index in [-0.39, 0.29) is 0 Å². The molecule has 1 heterocycles. The Morgan fingerprint density at radius 2 is 1.95 bits per heavy atom. The van der Waals surface area contributed by atoms with Gasteiger partial charge in [0.1, 0.15) is 5.60 Å². The highest BCUT2D eigenvalue weighted by Gasteiger charge is 2.18. The number of carbonyl (C=O) groups is 1. The molecule has 4 nitrogen and oxygen atoms in total. The van der Waals surface area contributed by atoms with Crippen molar-refractivity contribution in [3.8, 4) is 11.1 Å². The summed E-state index contributed by atoms with van der Waals surface area (Å²) in [6.07, 6.45) is 2.90. The van der Waals surface area contributed by atoms with E-state index in [0.29, 0.717) is 0 Å². The molecule has 0 atom stereocenters. The highest BCUT2D eigenvalue weighted by atomic mass is 16.6. The molecule has 1 aromatic carbocycles. The normalized spacial score (nSPS) is 11.4. The lowest BCUT2D eigenvalue weighted by Crippen LogP contribution is -2.27. The Balaban J connectivity index is 2.25. The minimum absolute atomic E-state index is 0.465.